The molecule has 4 aromatic rings. The molecule has 2 fully saturated rings. The summed E-state index contributed by atoms with van der Waals surface area (Å²) < 4.78 is 57.7. The monoisotopic (exact) mass is 732 g/mol. The number of nitrogen functional groups attached to an aromatic ring is 2. The first kappa shape index (κ1) is 33.6. The van der Waals surface area contributed by atoms with Crippen LogP contribution in [0.3, 0.4) is 0 Å². The fourth-order valence-corrected chi connectivity index (χ4v) is 7.55. The van der Waals surface area contributed by atoms with Gasteiger partial charge < -0.3 is 40.0 Å². The molecule has 2 aliphatic rings. The van der Waals surface area contributed by atoms with E-state index in [2.05, 4.69) is 53.4 Å². The number of halogens is 1. The molecule has 20 nitrogen and oxygen atoms in total. The number of aromatic nitrogens is 9. The fraction of sp³-hybridized carbons (Fsp3) is 0.500. The summed E-state index contributed by atoms with van der Waals surface area (Å²) in [4.78, 5) is 42.1. The third-order valence-corrected chi connectivity index (χ3v) is 9.82. The van der Waals surface area contributed by atoms with Gasteiger partial charge in [-0.05, 0) is 16.4 Å². The van der Waals surface area contributed by atoms with E-state index in [-0.39, 0.29) is 35.8 Å². The number of nitrogens with one attached hydrogen (secondary N) is 1. The number of nitrogens with zero attached hydrogens (tertiary/aromatic N) is 8. The first-order chi connectivity index (χ1) is 22.3. The van der Waals surface area contributed by atoms with Gasteiger partial charge in [-0.1, -0.05) is 11.1 Å². The highest BCUT2D eigenvalue weighted by molar-refractivity contribution is 8.39. The molecule has 2 aliphatic heterocycles. The van der Waals surface area contributed by atoms with E-state index < -0.39 is 75.3 Å². The number of aliphatic hydroxyl groups excluding tert-OH is 1. The van der Waals surface area contributed by atoms with E-state index in [1.165, 1.54) is 17.2 Å². The van der Waals surface area contributed by atoms with Gasteiger partial charge in [0.05, 0.1) is 19.5 Å². The molecular weight excluding hydrogens is 707 g/mol. The number of aromatic amines is 1. The minimum atomic E-state index is -4.34. The Balaban J connectivity index is 1.26. The smallest absolute Gasteiger partial charge is 0.393 e. The molecule has 6 rings (SSSR count). The molecule has 250 valence electrons. The third-order valence-electron chi connectivity index (χ3n) is 7.54. The Morgan fingerprint density at radius 2 is 2.11 bits per heavy atom. The largest absolute Gasteiger partial charge is 0.582 e. The molecule has 4 aromatic heterocycles. The van der Waals surface area contributed by atoms with E-state index in [9.17, 15) is 23.7 Å². The minimum Gasteiger partial charge on any atom is -0.393 e. The Hall–Kier alpha value is -3.26. The summed E-state index contributed by atoms with van der Waals surface area (Å²) >= 11 is 9.13. The predicted molar refractivity (Wildman–Crippen MR) is 166 cm³/mol. The van der Waals surface area contributed by atoms with Gasteiger partial charge in [0, 0.05) is 12.8 Å². The number of ether oxygens (including phenoxy) is 2. The van der Waals surface area contributed by atoms with Crippen LogP contribution in [0.4, 0.5) is 16.2 Å². The Labute approximate surface area is 273 Å². The fourth-order valence-electron chi connectivity index (χ4n) is 5.31. The SMILES string of the molecule is C#C[C@]1(COP(O)(=S)O[C@@H]2C[C@](CO)(CF)O[C@H]2n2nnc3c(=O)[nH]c(N)nc32)O[C@@H](n2cnc3c(N)ncnc32)C[C@@H]1O[P+](=O)S. The summed E-state index contributed by atoms with van der Waals surface area (Å²) in [6.45, 7) is -6.96. The minimum absolute atomic E-state index is 0.00239. The molecule has 2 saturated heterocycles. The topological polar surface area (TPSA) is 276 Å². The quantitative estimate of drug-likeness (QED) is 0.0673. The number of hydrogen-bond acceptors (Lipinski definition) is 17. The van der Waals surface area contributed by atoms with Gasteiger partial charge in [-0.2, -0.15) is 9.67 Å². The maximum Gasteiger partial charge on any atom is 0.582 e. The van der Waals surface area contributed by atoms with Crippen molar-refractivity contribution in [2.45, 2.75) is 48.7 Å². The summed E-state index contributed by atoms with van der Waals surface area (Å²) in [6.07, 6.45) is 3.41. The lowest BCUT2D eigenvalue weighted by Gasteiger charge is -2.29. The molecule has 0 radical (unpaired) electrons. The van der Waals surface area contributed by atoms with E-state index in [4.69, 9.17) is 52.7 Å². The maximum absolute atomic E-state index is 14.2. The number of hydrogen-bond donors (Lipinski definition) is 6. The lowest BCUT2D eigenvalue weighted by atomic mass is 9.99. The van der Waals surface area contributed by atoms with Crippen LogP contribution < -0.4 is 17.0 Å². The van der Waals surface area contributed by atoms with E-state index >= 15 is 0 Å². The number of alkyl halides is 1. The number of fused-ring (bicyclic) bond motifs is 2. The van der Waals surface area contributed by atoms with Gasteiger partial charge in [0.1, 0.15) is 48.7 Å². The Morgan fingerprint density at radius 3 is 2.81 bits per heavy atom. The van der Waals surface area contributed by atoms with Crippen LogP contribution in [-0.4, -0.2) is 97.8 Å². The van der Waals surface area contributed by atoms with E-state index in [1.807, 2.05) is 0 Å². The highest BCUT2D eigenvalue weighted by Crippen LogP contribution is 2.53. The lowest BCUT2D eigenvalue weighted by Crippen LogP contribution is -2.43. The number of aliphatic hydroxyl groups is 1. The highest BCUT2D eigenvalue weighted by Gasteiger charge is 2.55. The molecule has 0 aromatic carbocycles. The molecule has 25 heteroatoms. The van der Waals surface area contributed by atoms with E-state index in [1.54, 1.807) is 0 Å². The first-order valence-corrected chi connectivity index (χ1v) is 18.3. The Kier molecular flexibility index (Phi) is 9.05. The molecule has 6 heterocycles. The van der Waals surface area contributed by atoms with Crippen LogP contribution in [-0.2, 0) is 39.4 Å². The molecule has 0 amide bonds. The van der Waals surface area contributed by atoms with Gasteiger partial charge in [0.2, 0.25) is 5.95 Å². The summed E-state index contributed by atoms with van der Waals surface area (Å²) in [7, 11) is -2.50. The molecule has 7 N–H and O–H groups in total. The molecule has 0 saturated carbocycles. The first-order valence-electron chi connectivity index (χ1n) is 13.4. The van der Waals surface area contributed by atoms with Crippen molar-refractivity contribution < 1.29 is 42.0 Å². The van der Waals surface area contributed by atoms with Crippen molar-refractivity contribution in [3.63, 3.8) is 0 Å². The van der Waals surface area contributed by atoms with E-state index in [0.717, 1.165) is 4.68 Å². The van der Waals surface area contributed by atoms with Crippen LogP contribution in [0.2, 0.25) is 0 Å². The van der Waals surface area contributed by atoms with Crippen molar-refractivity contribution in [3.8, 4) is 12.3 Å². The second-order valence-corrected chi connectivity index (χ2v) is 14.9. The second-order valence-electron chi connectivity index (χ2n) is 10.5. The number of imidazole rings is 1. The number of terminal acetylenes is 1. The van der Waals surface area contributed by atoms with Crippen LogP contribution in [0.25, 0.3) is 22.3 Å². The average Bonchev–Trinajstić information content (AvgIpc) is 3.80. The van der Waals surface area contributed by atoms with Crippen molar-refractivity contribution in [3.05, 3.63) is 23.0 Å². The molecule has 8 atom stereocenters. The zero-order chi connectivity index (χ0) is 33.7. The molecule has 0 spiro atoms. The maximum atomic E-state index is 14.2. The number of anilines is 2. The van der Waals surface area contributed by atoms with Gasteiger partial charge in [-0.15, -0.1) is 16.0 Å². The molecule has 0 aliphatic carbocycles. The van der Waals surface area contributed by atoms with Crippen LogP contribution in [0, 0.1) is 12.3 Å². The van der Waals surface area contributed by atoms with Gasteiger partial charge in [0.15, 0.2) is 40.6 Å². The van der Waals surface area contributed by atoms with Crippen molar-refractivity contribution >= 4 is 72.1 Å². The van der Waals surface area contributed by atoms with Crippen molar-refractivity contribution in [2.75, 3.05) is 31.4 Å². The Bertz CT molecular complexity index is 2010. The number of rotatable bonds is 11. The van der Waals surface area contributed by atoms with Crippen LogP contribution in [0.1, 0.15) is 25.3 Å². The van der Waals surface area contributed by atoms with Gasteiger partial charge in [-0.25, -0.2) is 19.3 Å². The van der Waals surface area contributed by atoms with Gasteiger partial charge in [0.25, 0.3) is 5.56 Å². The molecule has 0 bridgehead atoms. The normalized spacial score (nSPS) is 29.3. The van der Waals surface area contributed by atoms with Gasteiger partial charge in [-0.3, -0.25) is 14.3 Å². The number of nitrogens with two attached hydrogens (primary N) is 2. The van der Waals surface area contributed by atoms with Gasteiger partial charge >= 0.3 is 13.9 Å². The van der Waals surface area contributed by atoms with Crippen molar-refractivity contribution in [1.29, 1.82) is 0 Å². The summed E-state index contributed by atoms with van der Waals surface area (Å²) in [5.74, 6) is 2.29. The van der Waals surface area contributed by atoms with Crippen LogP contribution in [0.15, 0.2) is 17.4 Å². The number of H-pyrrole nitrogens is 1. The zero-order valence-corrected chi connectivity index (χ0v) is 27.2. The molecule has 2 unspecified atom stereocenters. The molecular formula is C22H25FN11O9P2S2+. The third kappa shape index (κ3) is 6.23. The van der Waals surface area contributed by atoms with Crippen LogP contribution >= 0.6 is 26.2 Å². The van der Waals surface area contributed by atoms with Crippen LogP contribution in [0.5, 0.6) is 0 Å². The van der Waals surface area contributed by atoms with E-state index in [0.29, 0.717) is 11.2 Å². The second kappa shape index (κ2) is 12.6. The zero-order valence-electron chi connectivity index (χ0n) is 23.7. The summed E-state index contributed by atoms with van der Waals surface area (Å²) in [5.41, 5.74) is 7.48. The van der Waals surface area contributed by atoms with Crippen molar-refractivity contribution in [2.24, 2.45) is 0 Å². The summed E-state index contributed by atoms with van der Waals surface area (Å²) in [5, 5.41) is 17.6. The lowest BCUT2D eigenvalue weighted by molar-refractivity contribution is -0.120. The average molecular weight is 733 g/mol. The Morgan fingerprint density at radius 1 is 1.32 bits per heavy atom. The molecule has 47 heavy (non-hydrogen) atoms. The standard InChI is InChI=1S/C22H24FN11O9P2S2/c1-2-22(11(42-44(37)46)3-12(40-22)33-9-28-13-15(24)26-8-27-16(13)33)7-39-45(38,47)43-10-4-21(5-23,6-35)41-19(10)34-17-14(31-32-34)18(36)30-20(25)29-17/h1,8-12,19,35H,3-7H2,(H6-,24,25,26,27,29,30,32,36,37,38,46,47)/p+1/t10-,11+,12-,19-,21-,22-,45?/m1/s1. The summed E-state index contributed by atoms with van der Waals surface area (Å²) in [6, 6.07) is 0. The highest BCUT2D eigenvalue weighted by atomic mass is 32.7. The number of thiol groups is 1. The van der Waals surface area contributed by atoms with Crippen molar-refractivity contribution in [1.82, 2.24) is 44.5 Å². The predicted octanol–water partition coefficient (Wildman–Crippen LogP) is 0.0203.